The Morgan fingerprint density at radius 2 is 2.12 bits per heavy atom. The van der Waals surface area contributed by atoms with E-state index in [0.29, 0.717) is 15.6 Å². The van der Waals surface area contributed by atoms with Crippen molar-refractivity contribution in [1.29, 1.82) is 0 Å². The highest BCUT2D eigenvalue weighted by Gasteiger charge is 2.17. The molecular formula is C10H7Cl2N3O. The molecule has 6 heteroatoms. The van der Waals surface area contributed by atoms with Gasteiger partial charge in [-0.25, -0.2) is 9.67 Å². The quantitative estimate of drug-likeness (QED) is 0.775. The Balaban J connectivity index is 2.46. The van der Waals surface area contributed by atoms with Crippen molar-refractivity contribution in [2.45, 2.75) is 0 Å². The summed E-state index contributed by atoms with van der Waals surface area (Å²) in [4.78, 5) is 15.9. The molecule has 0 aliphatic carbocycles. The molecule has 0 bridgehead atoms. The molecule has 82 valence electrons. The van der Waals surface area contributed by atoms with E-state index in [2.05, 4.69) is 10.1 Å². The number of hydrogen-bond donors (Lipinski definition) is 0. The lowest BCUT2D eigenvalue weighted by Crippen LogP contribution is -2.10. The predicted octanol–water partition coefficient (Wildman–Crippen LogP) is 2.35. The van der Waals surface area contributed by atoms with E-state index < -0.39 is 0 Å². The van der Waals surface area contributed by atoms with Gasteiger partial charge in [-0.2, -0.15) is 5.10 Å². The summed E-state index contributed by atoms with van der Waals surface area (Å²) >= 11 is 11.7. The minimum absolute atomic E-state index is 0.240. The number of hydrogen-bond acceptors (Lipinski definition) is 3. The van der Waals surface area contributed by atoms with Gasteiger partial charge >= 0.3 is 0 Å². The summed E-state index contributed by atoms with van der Waals surface area (Å²) in [5, 5.41) is 4.62. The van der Waals surface area contributed by atoms with E-state index >= 15 is 0 Å². The first-order chi connectivity index (χ1) is 7.59. The number of benzene rings is 1. The molecule has 0 atom stereocenters. The molecule has 0 unspecified atom stereocenters. The SMILES string of the molecule is Cn1ncnc1C(=O)c1ccc(Cl)cc1Cl. The first-order valence-electron chi connectivity index (χ1n) is 4.43. The summed E-state index contributed by atoms with van der Waals surface area (Å²) < 4.78 is 1.40. The highest BCUT2D eigenvalue weighted by molar-refractivity contribution is 6.37. The second-order valence-corrected chi connectivity index (χ2v) is 4.00. The third-order valence-corrected chi connectivity index (χ3v) is 2.64. The smallest absolute Gasteiger partial charge is 0.231 e. The van der Waals surface area contributed by atoms with Gasteiger partial charge in [-0.05, 0) is 18.2 Å². The topological polar surface area (TPSA) is 47.8 Å². The Morgan fingerprint density at radius 3 is 2.69 bits per heavy atom. The van der Waals surface area contributed by atoms with Gasteiger partial charge in [-0.1, -0.05) is 23.2 Å². The molecule has 0 saturated heterocycles. The van der Waals surface area contributed by atoms with Gasteiger partial charge in [0.05, 0.1) is 5.02 Å². The lowest BCUT2D eigenvalue weighted by Gasteiger charge is -2.02. The van der Waals surface area contributed by atoms with E-state index in [1.807, 2.05) is 0 Å². The van der Waals surface area contributed by atoms with Crippen LogP contribution in [0.4, 0.5) is 0 Å². The van der Waals surface area contributed by atoms with Crippen LogP contribution in [0.25, 0.3) is 0 Å². The van der Waals surface area contributed by atoms with Crippen LogP contribution in [-0.2, 0) is 7.05 Å². The molecule has 2 aromatic rings. The highest BCUT2D eigenvalue weighted by atomic mass is 35.5. The Hall–Kier alpha value is -1.39. The van der Waals surface area contributed by atoms with Crippen LogP contribution in [0.1, 0.15) is 16.2 Å². The van der Waals surface area contributed by atoms with E-state index in [1.165, 1.54) is 17.1 Å². The monoisotopic (exact) mass is 255 g/mol. The fraction of sp³-hybridized carbons (Fsp3) is 0.100. The van der Waals surface area contributed by atoms with E-state index in [-0.39, 0.29) is 11.6 Å². The van der Waals surface area contributed by atoms with E-state index in [9.17, 15) is 4.79 Å². The van der Waals surface area contributed by atoms with Crippen LogP contribution in [-0.4, -0.2) is 20.5 Å². The number of rotatable bonds is 2. The van der Waals surface area contributed by atoms with E-state index in [4.69, 9.17) is 23.2 Å². The fourth-order valence-electron chi connectivity index (χ4n) is 1.30. The van der Waals surface area contributed by atoms with Crippen molar-refractivity contribution >= 4 is 29.0 Å². The van der Waals surface area contributed by atoms with Crippen LogP contribution in [0.3, 0.4) is 0 Å². The maximum atomic E-state index is 12.0. The number of aromatic nitrogens is 3. The standard InChI is InChI=1S/C10H7Cl2N3O/c1-15-10(13-5-14-15)9(16)7-3-2-6(11)4-8(7)12/h2-5H,1H3. The zero-order valence-electron chi connectivity index (χ0n) is 8.32. The average Bonchev–Trinajstić information content (AvgIpc) is 2.63. The third kappa shape index (κ3) is 1.94. The summed E-state index contributed by atoms with van der Waals surface area (Å²) in [5.41, 5.74) is 0.363. The van der Waals surface area contributed by atoms with Crippen molar-refractivity contribution in [3.05, 3.63) is 46.0 Å². The minimum atomic E-state index is -0.276. The van der Waals surface area contributed by atoms with Gasteiger partial charge in [-0.15, -0.1) is 0 Å². The molecule has 4 nitrogen and oxygen atoms in total. The van der Waals surface area contributed by atoms with Gasteiger partial charge in [0, 0.05) is 17.6 Å². The zero-order chi connectivity index (χ0) is 11.7. The molecule has 0 N–H and O–H groups in total. The minimum Gasteiger partial charge on any atom is -0.285 e. The molecule has 2 rings (SSSR count). The van der Waals surface area contributed by atoms with Crippen molar-refractivity contribution in [3.8, 4) is 0 Å². The second kappa shape index (κ2) is 4.23. The second-order valence-electron chi connectivity index (χ2n) is 3.16. The molecule has 1 aromatic heterocycles. The fourth-order valence-corrected chi connectivity index (χ4v) is 1.79. The molecule has 0 spiro atoms. The van der Waals surface area contributed by atoms with Crippen molar-refractivity contribution in [2.24, 2.45) is 7.05 Å². The van der Waals surface area contributed by atoms with Crippen LogP contribution >= 0.6 is 23.2 Å². The molecule has 1 aromatic carbocycles. The van der Waals surface area contributed by atoms with Crippen LogP contribution in [0.5, 0.6) is 0 Å². The molecule has 16 heavy (non-hydrogen) atoms. The third-order valence-electron chi connectivity index (χ3n) is 2.09. The van der Waals surface area contributed by atoms with Gasteiger partial charge in [0.2, 0.25) is 5.78 Å². The van der Waals surface area contributed by atoms with Gasteiger partial charge in [-0.3, -0.25) is 4.79 Å². The van der Waals surface area contributed by atoms with Crippen LogP contribution in [0.2, 0.25) is 10.0 Å². The number of ketones is 1. The summed E-state index contributed by atoms with van der Waals surface area (Å²) in [6, 6.07) is 4.70. The Bertz CT molecular complexity index is 551. The first kappa shape index (κ1) is 11.1. The first-order valence-corrected chi connectivity index (χ1v) is 5.19. The predicted molar refractivity (Wildman–Crippen MR) is 60.9 cm³/mol. The highest BCUT2D eigenvalue weighted by Crippen LogP contribution is 2.22. The molecule has 1 heterocycles. The summed E-state index contributed by atoms with van der Waals surface area (Å²) in [6.07, 6.45) is 1.32. The summed E-state index contributed by atoms with van der Waals surface area (Å²) in [7, 11) is 1.64. The van der Waals surface area contributed by atoms with Gasteiger partial charge in [0.15, 0.2) is 5.82 Å². The van der Waals surface area contributed by atoms with E-state index in [1.54, 1.807) is 19.2 Å². The molecule has 0 radical (unpaired) electrons. The molecule has 0 amide bonds. The average molecular weight is 256 g/mol. The van der Waals surface area contributed by atoms with Crippen molar-refractivity contribution in [1.82, 2.24) is 14.8 Å². The molecule has 0 aliphatic rings. The van der Waals surface area contributed by atoms with Crippen LogP contribution < -0.4 is 0 Å². The maximum absolute atomic E-state index is 12.0. The molecule has 0 fully saturated rings. The molecule has 0 aliphatic heterocycles. The van der Waals surface area contributed by atoms with Gasteiger partial charge < -0.3 is 0 Å². The van der Waals surface area contributed by atoms with Gasteiger partial charge in [0.25, 0.3) is 0 Å². The van der Waals surface area contributed by atoms with Crippen molar-refractivity contribution < 1.29 is 4.79 Å². The lowest BCUT2D eigenvalue weighted by atomic mass is 10.1. The number of carbonyl (C=O) groups is 1. The van der Waals surface area contributed by atoms with Gasteiger partial charge in [0.1, 0.15) is 6.33 Å². The summed E-state index contributed by atoms with van der Waals surface area (Å²) in [5.74, 6) is -0.0362. The zero-order valence-corrected chi connectivity index (χ0v) is 9.83. The Labute approximate surface area is 102 Å². The Kier molecular flexibility index (Phi) is 2.94. The number of nitrogens with zero attached hydrogens (tertiary/aromatic N) is 3. The maximum Gasteiger partial charge on any atom is 0.231 e. The molecular weight excluding hydrogens is 249 g/mol. The van der Waals surface area contributed by atoms with E-state index in [0.717, 1.165) is 0 Å². The normalized spacial score (nSPS) is 10.4. The number of aryl methyl sites for hydroxylation is 1. The van der Waals surface area contributed by atoms with Crippen LogP contribution in [0, 0.1) is 0 Å². The van der Waals surface area contributed by atoms with Crippen molar-refractivity contribution in [3.63, 3.8) is 0 Å². The van der Waals surface area contributed by atoms with Crippen LogP contribution in [0.15, 0.2) is 24.5 Å². The largest absolute Gasteiger partial charge is 0.285 e. The number of halogens is 2. The summed E-state index contributed by atoms with van der Waals surface area (Å²) in [6.45, 7) is 0. The van der Waals surface area contributed by atoms with Crippen molar-refractivity contribution in [2.75, 3.05) is 0 Å². The number of carbonyl (C=O) groups excluding carboxylic acids is 1. The Morgan fingerprint density at radius 1 is 1.38 bits per heavy atom. The lowest BCUT2D eigenvalue weighted by molar-refractivity contribution is 0.102. The molecule has 0 saturated carbocycles.